The first-order valence-corrected chi connectivity index (χ1v) is 4.59. The summed E-state index contributed by atoms with van der Waals surface area (Å²) in [7, 11) is 0. The third kappa shape index (κ3) is 5.04. The van der Waals surface area contributed by atoms with Crippen molar-refractivity contribution < 1.29 is 2.85 Å². The van der Waals surface area contributed by atoms with Crippen LogP contribution in [0.1, 0.15) is 36.0 Å². The zero-order valence-electron chi connectivity index (χ0n) is 9.97. The second-order valence-electron chi connectivity index (χ2n) is 3.26. The van der Waals surface area contributed by atoms with Crippen molar-refractivity contribution in [3.8, 4) is 0 Å². The molecule has 0 bridgehead atoms. The summed E-state index contributed by atoms with van der Waals surface area (Å²) < 4.78 is 0. The summed E-state index contributed by atoms with van der Waals surface area (Å²) in [6.07, 6.45) is 4.45. The molecule has 0 atom stereocenters. The van der Waals surface area contributed by atoms with Crippen LogP contribution in [0.4, 0.5) is 0 Å². The van der Waals surface area contributed by atoms with Crippen LogP contribution in [0, 0.1) is 5.92 Å². The fourth-order valence-electron chi connectivity index (χ4n) is 1.31. The molecule has 1 nitrogen and oxygen atoms in total. The van der Waals surface area contributed by atoms with Gasteiger partial charge in [0.25, 0.3) is 0 Å². The maximum atomic E-state index is 2.51. The molecule has 1 aliphatic rings. The smallest absolute Gasteiger partial charge is 1.00 e. The van der Waals surface area contributed by atoms with Crippen molar-refractivity contribution in [2.75, 3.05) is 19.6 Å². The van der Waals surface area contributed by atoms with Gasteiger partial charge in [-0.25, -0.2) is 0 Å². The van der Waals surface area contributed by atoms with Crippen molar-refractivity contribution in [2.24, 2.45) is 5.92 Å². The normalized spacial score (nSPS) is 16.6. The van der Waals surface area contributed by atoms with Gasteiger partial charge in [-0.1, -0.05) is 26.7 Å². The molecule has 0 heterocycles. The molecule has 64 valence electrons. The molecular weight excluding hydrogens is 146 g/mol. The topological polar surface area (TPSA) is 3.24 Å². The Morgan fingerprint density at radius 3 is 2.18 bits per heavy atom. The van der Waals surface area contributed by atoms with Gasteiger partial charge in [-0.05, 0) is 32.0 Å². The van der Waals surface area contributed by atoms with E-state index in [-0.39, 0.29) is 25.9 Å². The number of rotatable bonds is 5. The summed E-state index contributed by atoms with van der Waals surface area (Å²) in [5, 5.41) is 0. The number of hydrogen-bond donors (Lipinski definition) is 0. The Labute approximate surface area is 89.7 Å². The quantitative estimate of drug-likeness (QED) is 0.566. The van der Waals surface area contributed by atoms with Gasteiger partial charge < -0.3 is 7.75 Å². The molecule has 0 radical (unpaired) electrons. The third-order valence-electron chi connectivity index (χ3n) is 2.44. The van der Waals surface area contributed by atoms with E-state index in [0.29, 0.717) is 0 Å². The maximum absolute atomic E-state index is 2.51. The van der Waals surface area contributed by atoms with Crippen molar-refractivity contribution >= 4 is 23.1 Å². The minimum absolute atomic E-state index is 0. The van der Waals surface area contributed by atoms with E-state index in [2.05, 4.69) is 18.7 Å². The summed E-state index contributed by atoms with van der Waals surface area (Å²) in [6, 6.07) is 0. The van der Waals surface area contributed by atoms with Crippen molar-refractivity contribution in [3.05, 3.63) is 0 Å². The Kier molecular flexibility index (Phi) is 6.68. The largest absolute Gasteiger partial charge is 2.00 e. The zero-order chi connectivity index (χ0) is 7.40. The monoisotopic (exact) mass is 167 g/mol. The van der Waals surface area contributed by atoms with Gasteiger partial charge in [-0.15, -0.1) is 0 Å². The molecule has 0 aromatic heterocycles. The van der Waals surface area contributed by atoms with Crippen LogP contribution in [0.15, 0.2) is 0 Å². The van der Waals surface area contributed by atoms with Crippen molar-refractivity contribution in [3.63, 3.8) is 0 Å². The Bertz CT molecular complexity index is 95.6. The van der Waals surface area contributed by atoms with Crippen LogP contribution in [0.25, 0.3) is 0 Å². The van der Waals surface area contributed by atoms with E-state index in [4.69, 9.17) is 0 Å². The molecule has 0 aromatic rings. The maximum Gasteiger partial charge on any atom is 2.00 e. The molecule has 1 saturated carbocycles. The predicted molar refractivity (Wildman–Crippen MR) is 53.1 cm³/mol. The van der Waals surface area contributed by atoms with E-state index in [9.17, 15) is 0 Å². The first-order valence-electron chi connectivity index (χ1n) is 4.59. The molecule has 2 heteroatoms. The van der Waals surface area contributed by atoms with Gasteiger partial charge in [-0.3, -0.25) is 0 Å². The van der Waals surface area contributed by atoms with Crippen LogP contribution in [-0.4, -0.2) is 47.6 Å². The van der Waals surface area contributed by atoms with E-state index in [1.807, 2.05) is 0 Å². The average Bonchev–Trinajstić information content (AvgIpc) is 2.74. The fourth-order valence-corrected chi connectivity index (χ4v) is 1.31. The Hall–Kier alpha value is 0.726. The van der Waals surface area contributed by atoms with Crippen LogP contribution in [0.3, 0.4) is 0 Å². The van der Waals surface area contributed by atoms with Crippen molar-refractivity contribution in [2.45, 2.75) is 33.1 Å². The Morgan fingerprint density at radius 1 is 1.27 bits per heavy atom. The second kappa shape index (κ2) is 6.27. The van der Waals surface area contributed by atoms with Gasteiger partial charge in [0.05, 0.1) is 0 Å². The van der Waals surface area contributed by atoms with E-state index < -0.39 is 0 Å². The molecule has 11 heavy (non-hydrogen) atoms. The summed E-state index contributed by atoms with van der Waals surface area (Å²) in [4.78, 5) is 2.51. The molecular formula is C9H21MgN. The van der Waals surface area contributed by atoms with Crippen molar-refractivity contribution in [1.29, 1.82) is 0 Å². The molecule has 0 aromatic carbocycles. The molecule has 0 unspecified atom stereocenters. The number of nitrogens with zero attached hydrogens (tertiary/aromatic N) is 1. The zero-order valence-corrected chi connectivity index (χ0v) is 9.39. The minimum atomic E-state index is 0. The van der Waals surface area contributed by atoms with Gasteiger partial charge in [0.15, 0.2) is 0 Å². The van der Waals surface area contributed by atoms with Gasteiger partial charge in [0, 0.05) is 0 Å². The summed E-state index contributed by atoms with van der Waals surface area (Å²) >= 11 is 0. The Balaban J connectivity index is -0.000000333. The van der Waals surface area contributed by atoms with E-state index >= 15 is 0 Å². The van der Waals surface area contributed by atoms with Gasteiger partial charge in [-0.2, -0.15) is 0 Å². The fraction of sp³-hybridized carbons (Fsp3) is 1.00. The van der Waals surface area contributed by atoms with E-state index in [1.165, 1.54) is 38.9 Å². The van der Waals surface area contributed by atoms with Crippen LogP contribution in [-0.2, 0) is 0 Å². The summed E-state index contributed by atoms with van der Waals surface area (Å²) in [5.41, 5.74) is 0. The SMILES string of the molecule is CCN(CC)CCC1CC1.[H-].[H-].[Mg+2]. The summed E-state index contributed by atoms with van der Waals surface area (Å²) in [6.45, 7) is 8.27. The molecule has 0 N–H and O–H groups in total. The molecule has 0 aliphatic heterocycles. The van der Waals surface area contributed by atoms with Crippen LogP contribution >= 0.6 is 0 Å². The molecule has 1 aliphatic carbocycles. The van der Waals surface area contributed by atoms with Gasteiger partial charge in [0.1, 0.15) is 0 Å². The van der Waals surface area contributed by atoms with Crippen LogP contribution in [0.5, 0.6) is 0 Å². The Morgan fingerprint density at radius 2 is 1.82 bits per heavy atom. The second-order valence-corrected chi connectivity index (χ2v) is 3.26. The predicted octanol–water partition coefficient (Wildman–Crippen LogP) is 1.97. The molecule has 1 fully saturated rings. The standard InChI is InChI=1S/C9H19N.Mg.2H/c1-3-10(4-2)8-7-9-5-6-9;;;/h9H,3-8H2,1-2H3;;;/q;+2;2*-1. The first kappa shape index (κ1) is 11.7. The van der Waals surface area contributed by atoms with Gasteiger partial charge in [0.2, 0.25) is 0 Å². The molecule has 0 amide bonds. The molecule has 0 saturated heterocycles. The van der Waals surface area contributed by atoms with Crippen LogP contribution < -0.4 is 0 Å². The number of hydrogen-bond acceptors (Lipinski definition) is 1. The first-order chi connectivity index (χ1) is 4.86. The van der Waals surface area contributed by atoms with E-state index in [0.717, 1.165) is 5.92 Å². The van der Waals surface area contributed by atoms with Crippen molar-refractivity contribution in [1.82, 2.24) is 4.90 Å². The van der Waals surface area contributed by atoms with E-state index in [1.54, 1.807) is 0 Å². The molecule has 1 rings (SSSR count). The minimum Gasteiger partial charge on any atom is -1.00 e. The van der Waals surface area contributed by atoms with Crippen LogP contribution in [0.2, 0.25) is 0 Å². The third-order valence-corrected chi connectivity index (χ3v) is 2.44. The average molecular weight is 168 g/mol. The van der Waals surface area contributed by atoms with Gasteiger partial charge >= 0.3 is 23.1 Å². The summed E-state index contributed by atoms with van der Waals surface area (Å²) in [5.74, 6) is 1.10. The molecule has 0 spiro atoms.